The van der Waals surface area contributed by atoms with E-state index in [4.69, 9.17) is 11.6 Å². The fraction of sp³-hybridized carbons (Fsp3) is 0.125. The first-order valence-electron chi connectivity index (χ1n) is 6.63. The standard InChI is InChI=1S/C16H12ClN3O/c1-10-18-19-15-16(21,11-5-3-2-4-6-11)13-9-12(17)7-8-14(13)20(10)15/h2-9,21H,1H3. The molecule has 2 heterocycles. The van der Waals surface area contributed by atoms with Crippen molar-refractivity contribution in [2.24, 2.45) is 0 Å². The number of aliphatic hydroxyl groups is 1. The highest BCUT2D eigenvalue weighted by Crippen LogP contribution is 2.45. The van der Waals surface area contributed by atoms with Gasteiger partial charge in [-0.1, -0.05) is 41.9 Å². The predicted octanol–water partition coefficient (Wildman–Crippen LogP) is 2.83. The van der Waals surface area contributed by atoms with Gasteiger partial charge in [-0.15, -0.1) is 10.2 Å². The molecule has 4 nitrogen and oxygen atoms in total. The second-order valence-electron chi connectivity index (χ2n) is 5.14. The Hall–Kier alpha value is -2.17. The van der Waals surface area contributed by atoms with Crippen molar-refractivity contribution < 1.29 is 5.11 Å². The zero-order valence-corrected chi connectivity index (χ0v) is 12.0. The predicted molar refractivity (Wildman–Crippen MR) is 79.6 cm³/mol. The molecule has 5 heteroatoms. The lowest BCUT2D eigenvalue weighted by atomic mass is 9.87. The molecule has 1 N–H and O–H groups in total. The van der Waals surface area contributed by atoms with Gasteiger partial charge < -0.3 is 5.11 Å². The summed E-state index contributed by atoms with van der Waals surface area (Å²) in [5, 5.41) is 20.3. The van der Waals surface area contributed by atoms with Crippen LogP contribution in [0.1, 0.15) is 22.8 Å². The quantitative estimate of drug-likeness (QED) is 0.751. The summed E-state index contributed by atoms with van der Waals surface area (Å²) in [5.41, 5.74) is 1.01. The minimum atomic E-state index is -1.33. The lowest BCUT2D eigenvalue weighted by Crippen LogP contribution is -2.27. The fourth-order valence-electron chi connectivity index (χ4n) is 2.96. The molecule has 4 rings (SSSR count). The van der Waals surface area contributed by atoms with Crippen LogP contribution in [0, 0.1) is 6.92 Å². The highest BCUT2D eigenvalue weighted by Gasteiger charge is 2.46. The molecular formula is C16H12ClN3O. The summed E-state index contributed by atoms with van der Waals surface area (Å²) in [5.74, 6) is 1.24. The Labute approximate surface area is 126 Å². The van der Waals surface area contributed by atoms with Crippen molar-refractivity contribution in [1.82, 2.24) is 14.8 Å². The van der Waals surface area contributed by atoms with Crippen LogP contribution in [-0.4, -0.2) is 19.9 Å². The van der Waals surface area contributed by atoms with Crippen molar-refractivity contribution in [2.75, 3.05) is 0 Å². The van der Waals surface area contributed by atoms with E-state index in [2.05, 4.69) is 10.2 Å². The van der Waals surface area contributed by atoms with E-state index in [0.29, 0.717) is 10.8 Å². The topological polar surface area (TPSA) is 50.9 Å². The molecule has 1 aromatic heterocycles. The second-order valence-corrected chi connectivity index (χ2v) is 5.58. The molecular weight excluding hydrogens is 286 g/mol. The first kappa shape index (κ1) is 12.6. The van der Waals surface area contributed by atoms with Gasteiger partial charge >= 0.3 is 0 Å². The van der Waals surface area contributed by atoms with Gasteiger partial charge in [0.1, 0.15) is 5.82 Å². The third-order valence-electron chi connectivity index (χ3n) is 3.93. The molecule has 3 aromatic rings. The Balaban J connectivity index is 2.11. The number of aromatic nitrogens is 3. The van der Waals surface area contributed by atoms with Gasteiger partial charge in [-0.05, 0) is 30.7 Å². The average molecular weight is 298 g/mol. The molecule has 21 heavy (non-hydrogen) atoms. The first-order valence-corrected chi connectivity index (χ1v) is 7.01. The molecule has 0 amide bonds. The SMILES string of the molecule is Cc1nnc2n1-c1ccc(Cl)cc1C2(O)c1ccccc1. The summed E-state index contributed by atoms with van der Waals surface area (Å²) in [6, 6.07) is 14.9. The molecule has 1 aliphatic heterocycles. The summed E-state index contributed by atoms with van der Waals surface area (Å²) in [4.78, 5) is 0. The molecule has 1 unspecified atom stereocenters. The third-order valence-corrected chi connectivity index (χ3v) is 4.16. The van der Waals surface area contributed by atoms with Crippen LogP contribution in [0.5, 0.6) is 0 Å². The van der Waals surface area contributed by atoms with Gasteiger partial charge in [0.2, 0.25) is 0 Å². The Kier molecular flexibility index (Phi) is 2.49. The maximum absolute atomic E-state index is 11.4. The highest BCUT2D eigenvalue weighted by atomic mass is 35.5. The van der Waals surface area contributed by atoms with Gasteiger partial charge in [0, 0.05) is 10.6 Å². The van der Waals surface area contributed by atoms with E-state index >= 15 is 0 Å². The van der Waals surface area contributed by atoms with E-state index in [1.54, 1.807) is 12.1 Å². The number of nitrogens with zero attached hydrogens (tertiary/aromatic N) is 3. The minimum Gasteiger partial charge on any atom is -0.373 e. The lowest BCUT2D eigenvalue weighted by molar-refractivity contribution is 0.122. The van der Waals surface area contributed by atoms with Crippen molar-refractivity contribution in [3.8, 4) is 5.69 Å². The van der Waals surface area contributed by atoms with Crippen LogP contribution in [0.3, 0.4) is 0 Å². The van der Waals surface area contributed by atoms with Crippen LogP contribution in [0.25, 0.3) is 5.69 Å². The van der Waals surface area contributed by atoms with Gasteiger partial charge in [-0.2, -0.15) is 0 Å². The van der Waals surface area contributed by atoms with E-state index in [9.17, 15) is 5.11 Å². The molecule has 0 saturated carbocycles. The average Bonchev–Trinajstić information content (AvgIpc) is 3.00. The molecule has 2 aromatic carbocycles. The van der Waals surface area contributed by atoms with Crippen molar-refractivity contribution in [3.05, 3.63) is 76.3 Å². The number of rotatable bonds is 1. The Morgan fingerprint density at radius 2 is 1.86 bits per heavy atom. The van der Waals surface area contributed by atoms with Crippen molar-refractivity contribution in [1.29, 1.82) is 0 Å². The van der Waals surface area contributed by atoms with Crippen LogP contribution in [-0.2, 0) is 5.60 Å². The van der Waals surface area contributed by atoms with E-state index in [-0.39, 0.29) is 0 Å². The van der Waals surface area contributed by atoms with Crippen LogP contribution >= 0.6 is 11.6 Å². The molecule has 0 aliphatic carbocycles. The molecule has 0 radical (unpaired) electrons. The van der Waals surface area contributed by atoms with Gasteiger partial charge in [-0.25, -0.2) is 0 Å². The maximum atomic E-state index is 11.4. The Morgan fingerprint density at radius 3 is 2.62 bits per heavy atom. The van der Waals surface area contributed by atoms with Crippen LogP contribution in [0.15, 0.2) is 48.5 Å². The van der Waals surface area contributed by atoms with Gasteiger partial charge in [0.25, 0.3) is 0 Å². The number of hydrogen-bond acceptors (Lipinski definition) is 3. The normalized spacial score (nSPS) is 19.4. The van der Waals surface area contributed by atoms with Gasteiger partial charge in [0.05, 0.1) is 5.69 Å². The number of aryl methyl sites for hydroxylation is 1. The van der Waals surface area contributed by atoms with Crippen molar-refractivity contribution in [3.63, 3.8) is 0 Å². The van der Waals surface area contributed by atoms with E-state index < -0.39 is 5.60 Å². The van der Waals surface area contributed by atoms with E-state index in [1.165, 1.54) is 0 Å². The minimum absolute atomic E-state index is 0.503. The highest BCUT2D eigenvalue weighted by molar-refractivity contribution is 6.30. The van der Waals surface area contributed by atoms with Gasteiger partial charge in [-0.3, -0.25) is 4.57 Å². The zero-order chi connectivity index (χ0) is 14.6. The summed E-state index contributed by atoms with van der Waals surface area (Å²) in [7, 11) is 0. The summed E-state index contributed by atoms with van der Waals surface area (Å²) < 4.78 is 1.87. The molecule has 1 aliphatic rings. The van der Waals surface area contributed by atoms with E-state index in [1.807, 2.05) is 47.9 Å². The first-order chi connectivity index (χ1) is 10.1. The number of benzene rings is 2. The number of halogens is 1. The maximum Gasteiger partial charge on any atom is 0.179 e. The monoisotopic (exact) mass is 297 g/mol. The second kappa shape index (κ2) is 4.16. The third kappa shape index (κ3) is 1.54. The smallest absolute Gasteiger partial charge is 0.179 e. The van der Waals surface area contributed by atoms with Crippen LogP contribution in [0.4, 0.5) is 0 Å². The lowest BCUT2D eigenvalue weighted by Gasteiger charge is -2.23. The molecule has 0 saturated heterocycles. The summed E-state index contributed by atoms with van der Waals surface area (Å²) >= 11 is 6.13. The van der Waals surface area contributed by atoms with Crippen LogP contribution < -0.4 is 0 Å². The Morgan fingerprint density at radius 1 is 1.10 bits per heavy atom. The fourth-order valence-corrected chi connectivity index (χ4v) is 3.13. The van der Waals surface area contributed by atoms with Crippen molar-refractivity contribution >= 4 is 11.6 Å². The number of fused-ring (bicyclic) bond motifs is 3. The largest absolute Gasteiger partial charge is 0.373 e. The molecule has 0 bridgehead atoms. The summed E-state index contributed by atoms with van der Waals surface area (Å²) in [6.07, 6.45) is 0. The molecule has 0 spiro atoms. The van der Waals surface area contributed by atoms with Crippen molar-refractivity contribution in [2.45, 2.75) is 12.5 Å². The van der Waals surface area contributed by atoms with Crippen LogP contribution in [0.2, 0.25) is 5.02 Å². The van der Waals surface area contributed by atoms with E-state index in [0.717, 1.165) is 22.6 Å². The number of hydrogen-bond donors (Lipinski definition) is 1. The molecule has 104 valence electrons. The molecule has 1 atom stereocenters. The summed E-state index contributed by atoms with van der Waals surface area (Å²) in [6.45, 7) is 1.87. The van der Waals surface area contributed by atoms with Gasteiger partial charge in [0.15, 0.2) is 11.4 Å². The zero-order valence-electron chi connectivity index (χ0n) is 11.3. The Bertz CT molecular complexity index is 844. The molecule has 0 fully saturated rings.